The van der Waals surface area contributed by atoms with Gasteiger partial charge in [0.05, 0.1) is 13.5 Å². The van der Waals surface area contributed by atoms with Gasteiger partial charge in [0.1, 0.15) is 5.60 Å². The fourth-order valence-corrected chi connectivity index (χ4v) is 4.54. The molecule has 0 aromatic heterocycles. The van der Waals surface area contributed by atoms with Gasteiger partial charge in [0.15, 0.2) is 0 Å². The maximum atomic E-state index is 13.2. The van der Waals surface area contributed by atoms with E-state index in [1.807, 2.05) is 43.9 Å². The molecule has 1 aromatic rings. The highest BCUT2D eigenvalue weighted by Gasteiger charge is 2.48. The van der Waals surface area contributed by atoms with Gasteiger partial charge in [-0.1, -0.05) is 42.0 Å². The number of hydrogen-bond acceptors (Lipinski definition) is 5. The summed E-state index contributed by atoms with van der Waals surface area (Å²) in [7, 11) is 1.42. The van der Waals surface area contributed by atoms with Crippen LogP contribution in [0.15, 0.2) is 35.9 Å². The molecule has 6 nitrogen and oxygen atoms in total. The lowest BCUT2D eigenvalue weighted by molar-refractivity contribution is -0.141. The number of carbonyl (C=O) groups excluding carboxylic acids is 2. The molecule has 1 saturated heterocycles. The van der Waals surface area contributed by atoms with Gasteiger partial charge in [0.2, 0.25) is 0 Å². The van der Waals surface area contributed by atoms with E-state index in [2.05, 4.69) is 30.0 Å². The number of piperidine rings is 1. The highest BCUT2D eigenvalue weighted by atomic mass is 16.6. The molecule has 1 amide bonds. The third kappa shape index (κ3) is 6.83. The third-order valence-electron chi connectivity index (χ3n) is 6.31. The second-order valence-corrected chi connectivity index (χ2v) is 10.00. The van der Waals surface area contributed by atoms with Gasteiger partial charge in [-0.25, -0.2) is 4.79 Å². The molecule has 0 spiro atoms. The standard InChI is InChI=1S/C26H38N2O4/c1-19(17-20-9-7-6-8-10-20)22-18-23(22)28(25(30)32-26(2,3)4)21-11-14-27(15-12-21)16-13-24(29)31-5/h6-10,17,21-23H,11-16,18H2,1-5H3/t22?,23-/m0/s1. The summed E-state index contributed by atoms with van der Waals surface area (Å²) in [5, 5.41) is 0. The Morgan fingerprint density at radius 2 is 1.81 bits per heavy atom. The van der Waals surface area contributed by atoms with Crippen LogP contribution in [0.5, 0.6) is 0 Å². The molecule has 0 N–H and O–H groups in total. The molecule has 1 heterocycles. The van der Waals surface area contributed by atoms with Crippen LogP contribution in [-0.4, -0.2) is 66.3 Å². The Labute approximate surface area is 192 Å². The van der Waals surface area contributed by atoms with Crippen LogP contribution in [0.3, 0.4) is 0 Å². The minimum atomic E-state index is -0.518. The van der Waals surface area contributed by atoms with Crippen molar-refractivity contribution in [1.82, 2.24) is 9.80 Å². The van der Waals surface area contributed by atoms with Crippen molar-refractivity contribution >= 4 is 18.1 Å². The van der Waals surface area contributed by atoms with Crippen molar-refractivity contribution < 1.29 is 19.1 Å². The zero-order valence-corrected chi connectivity index (χ0v) is 20.2. The second-order valence-electron chi connectivity index (χ2n) is 10.00. The van der Waals surface area contributed by atoms with Gasteiger partial charge >= 0.3 is 12.1 Å². The van der Waals surface area contributed by atoms with E-state index in [4.69, 9.17) is 9.47 Å². The lowest BCUT2D eigenvalue weighted by atomic mass is 10.0. The highest BCUT2D eigenvalue weighted by Crippen LogP contribution is 2.44. The quantitative estimate of drug-likeness (QED) is 0.571. The van der Waals surface area contributed by atoms with E-state index in [9.17, 15) is 9.59 Å². The smallest absolute Gasteiger partial charge is 0.410 e. The highest BCUT2D eigenvalue weighted by molar-refractivity contribution is 5.70. The summed E-state index contributed by atoms with van der Waals surface area (Å²) in [6.07, 6.45) is 5.21. The number of nitrogens with zero attached hydrogens (tertiary/aromatic N) is 2. The van der Waals surface area contributed by atoms with Crippen molar-refractivity contribution in [2.45, 2.75) is 71.1 Å². The summed E-state index contributed by atoms with van der Waals surface area (Å²) < 4.78 is 10.6. The maximum absolute atomic E-state index is 13.2. The summed E-state index contributed by atoms with van der Waals surface area (Å²) in [6, 6.07) is 10.7. The number of methoxy groups -OCH3 is 1. The van der Waals surface area contributed by atoms with Crippen LogP contribution in [0.1, 0.15) is 58.9 Å². The lowest BCUT2D eigenvalue weighted by Crippen LogP contribution is -2.50. The molecule has 176 valence electrons. The molecule has 1 aliphatic heterocycles. The van der Waals surface area contributed by atoms with Crippen LogP contribution in [0.4, 0.5) is 4.79 Å². The van der Waals surface area contributed by atoms with Crippen LogP contribution in [-0.2, 0) is 14.3 Å². The monoisotopic (exact) mass is 442 g/mol. The van der Waals surface area contributed by atoms with Crippen LogP contribution in [0.2, 0.25) is 0 Å². The van der Waals surface area contributed by atoms with Gasteiger partial charge < -0.3 is 19.3 Å². The van der Waals surface area contributed by atoms with Crippen molar-refractivity contribution in [2.24, 2.45) is 5.92 Å². The van der Waals surface area contributed by atoms with Gasteiger partial charge in [-0.3, -0.25) is 4.79 Å². The molecule has 2 aliphatic rings. The van der Waals surface area contributed by atoms with Gasteiger partial charge in [-0.15, -0.1) is 0 Å². The molecule has 1 saturated carbocycles. The Morgan fingerprint density at radius 3 is 2.41 bits per heavy atom. The zero-order chi connectivity index (χ0) is 23.3. The Bertz CT molecular complexity index is 807. The van der Waals surface area contributed by atoms with Crippen LogP contribution >= 0.6 is 0 Å². The molecule has 1 aliphatic carbocycles. The first-order valence-corrected chi connectivity index (χ1v) is 11.7. The number of ether oxygens (including phenoxy) is 2. The van der Waals surface area contributed by atoms with Crippen molar-refractivity contribution in [3.63, 3.8) is 0 Å². The van der Waals surface area contributed by atoms with E-state index in [-0.39, 0.29) is 24.1 Å². The molecule has 0 bridgehead atoms. The fraction of sp³-hybridized carbons (Fsp3) is 0.615. The number of rotatable bonds is 7. The average Bonchev–Trinajstić information content (AvgIpc) is 3.53. The number of carbonyl (C=O) groups is 2. The Balaban J connectivity index is 1.66. The zero-order valence-electron chi connectivity index (χ0n) is 20.2. The van der Waals surface area contributed by atoms with Crippen LogP contribution in [0, 0.1) is 5.92 Å². The number of amides is 1. The van der Waals surface area contributed by atoms with E-state index < -0.39 is 5.60 Å². The van der Waals surface area contributed by atoms with Crippen molar-refractivity contribution in [3.8, 4) is 0 Å². The Kier molecular flexibility index (Phi) is 7.99. The van der Waals surface area contributed by atoms with Crippen LogP contribution in [0.25, 0.3) is 6.08 Å². The van der Waals surface area contributed by atoms with Crippen molar-refractivity contribution in [1.29, 1.82) is 0 Å². The molecular weight excluding hydrogens is 404 g/mol. The maximum Gasteiger partial charge on any atom is 0.410 e. The normalized spacial score (nSPS) is 22.3. The summed E-state index contributed by atoms with van der Waals surface area (Å²) >= 11 is 0. The minimum Gasteiger partial charge on any atom is -0.469 e. The SMILES string of the molecule is COC(=O)CCN1CCC(N(C(=O)OC(C)(C)C)[C@H]2CC2C(C)=Cc2ccccc2)CC1. The summed E-state index contributed by atoms with van der Waals surface area (Å²) in [5.41, 5.74) is 1.99. The first kappa shape index (κ1) is 24.3. The van der Waals surface area contributed by atoms with Gasteiger partial charge in [0.25, 0.3) is 0 Å². The third-order valence-corrected chi connectivity index (χ3v) is 6.31. The minimum absolute atomic E-state index is 0.166. The largest absolute Gasteiger partial charge is 0.469 e. The fourth-order valence-electron chi connectivity index (χ4n) is 4.54. The van der Waals surface area contributed by atoms with E-state index in [1.165, 1.54) is 18.2 Å². The summed E-state index contributed by atoms with van der Waals surface area (Å²) in [4.78, 5) is 29.0. The van der Waals surface area contributed by atoms with E-state index >= 15 is 0 Å². The molecule has 0 radical (unpaired) electrons. The number of hydrogen-bond donors (Lipinski definition) is 0. The second kappa shape index (κ2) is 10.5. The number of esters is 1. The average molecular weight is 443 g/mol. The molecule has 3 rings (SSSR count). The first-order valence-electron chi connectivity index (χ1n) is 11.7. The molecule has 1 aromatic carbocycles. The lowest BCUT2D eigenvalue weighted by Gasteiger charge is -2.39. The number of benzene rings is 1. The molecular formula is C26H38N2O4. The van der Waals surface area contributed by atoms with Crippen molar-refractivity contribution in [3.05, 3.63) is 41.5 Å². The van der Waals surface area contributed by atoms with Crippen molar-refractivity contribution in [2.75, 3.05) is 26.7 Å². The topological polar surface area (TPSA) is 59.1 Å². The van der Waals surface area contributed by atoms with Gasteiger partial charge in [-0.2, -0.15) is 0 Å². The predicted molar refractivity (Wildman–Crippen MR) is 126 cm³/mol. The Morgan fingerprint density at radius 1 is 1.16 bits per heavy atom. The summed E-state index contributed by atoms with van der Waals surface area (Å²) in [6.45, 7) is 10.4. The Hall–Kier alpha value is -2.34. The first-order chi connectivity index (χ1) is 15.2. The predicted octanol–water partition coefficient (Wildman–Crippen LogP) is 4.74. The van der Waals surface area contributed by atoms with E-state index in [0.717, 1.165) is 32.4 Å². The molecule has 2 fully saturated rings. The van der Waals surface area contributed by atoms with Gasteiger partial charge in [0, 0.05) is 37.6 Å². The van der Waals surface area contributed by atoms with Crippen LogP contribution < -0.4 is 0 Å². The van der Waals surface area contributed by atoms with Gasteiger partial charge in [-0.05, 0) is 52.5 Å². The van der Waals surface area contributed by atoms with E-state index in [1.54, 1.807) is 0 Å². The molecule has 32 heavy (non-hydrogen) atoms. The molecule has 2 atom stereocenters. The van der Waals surface area contributed by atoms with E-state index in [0.29, 0.717) is 18.9 Å². The summed E-state index contributed by atoms with van der Waals surface area (Å²) in [5.74, 6) is 0.198. The molecule has 1 unspecified atom stereocenters. The molecule has 6 heteroatoms. The number of likely N-dealkylation sites (tertiary alicyclic amines) is 1.